The van der Waals surface area contributed by atoms with Gasteiger partial charge in [0.2, 0.25) is 11.7 Å². The summed E-state index contributed by atoms with van der Waals surface area (Å²) in [4.78, 5) is 12.6. The summed E-state index contributed by atoms with van der Waals surface area (Å²) in [5.41, 5.74) is 3.01. The van der Waals surface area contributed by atoms with E-state index in [0.29, 0.717) is 23.2 Å². The zero-order chi connectivity index (χ0) is 22.9. The molecule has 0 spiro atoms. The Morgan fingerprint density at radius 3 is 2.03 bits per heavy atom. The number of carbonyl (C=O) groups excluding carboxylic acids is 1. The maximum Gasteiger partial charge on any atom is 0.248 e. The Morgan fingerprint density at radius 1 is 0.818 bits per heavy atom. The van der Waals surface area contributed by atoms with E-state index in [1.165, 1.54) is 43.7 Å². The molecule has 4 bridgehead atoms. The van der Waals surface area contributed by atoms with Gasteiger partial charge in [-0.3, -0.25) is 4.79 Å². The van der Waals surface area contributed by atoms with Crippen molar-refractivity contribution in [3.05, 3.63) is 53.6 Å². The van der Waals surface area contributed by atoms with Crippen molar-refractivity contribution in [2.24, 2.45) is 23.7 Å². The van der Waals surface area contributed by atoms with Crippen LogP contribution in [0.15, 0.2) is 42.5 Å². The second kappa shape index (κ2) is 9.12. The number of rotatable bonds is 7. The lowest BCUT2D eigenvalue weighted by molar-refractivity contribution is -0.111. The third kappa shape index (κ3) is 4.21. The van der Waals surface area contributed by atoms with Gasteiger partial charge in [0.25, 0.3) is 0 Å². The number of hydrogen-bond donors (Lipinski definition) is 1. The van der Waals surface area contributed by atoms with Crippen LogP contribution in [0.3, 0.4) is 0 Å². The predicted molar refractivity (Wildman–Crippen MR) is 130 cm³/mol. The molecule has 0 saturated heterocycles. The van der Waals surface area contributed by atoms with Crippen molar-refractivity contribution < 1.29 is 19.0 Å². The van der Waals surface area contributed by atoms with E-state index in [-0.39, 0.29) is 5.91 Å². The Kier molecular flexibility index (Phi) is 6.05. The SMILES string of the molecule is COc1ccc(C=CC(=O)Nc2ccc(C3C4CC5CC(C4)CC3C5)cc2)c(OC)c1OC. The van der Waals surface area contributed by atoms with Crippen LogP contribution in [0.25, 0.3) is 6.08 Å². The van der Waals surface area contributed by atoms with Crippen LogP contribution in [-0.2, 0) is 4.79 Å². The van der Waals surface area contributed by atoms with Crippen LogP contribution in [-0.4, -0.2) is 27.2 Å². The van der Waals surface area contributed by atoms with Crippen LogP contribution in [0.1, 0.15) is 49.1 Å². The van der Waals surface area contributed by atoms with E-state index >= 15 is 0 Å². The highest BCUT2D eigenvalue weighted by Gasteiger charge is 2.48. The summed E-state index contributed by atoms with van der Waals surface area (Å²) in [5, 5.41) is 2.97. The predicted octanol–water partition coefficient (Wildman–Crippen LogP) is 5.90. The van der Waals surface area contributed by atoms with E-state index in [2.05, 4.69) is 17.4 Å². The summed E-state index contributed by atoms with van der Waals surface area (Å²) < 4.78 is 16.2. The van der Waals surface area contributed by atoms with Crippen LogP contribution >= 0.6 is 0 Å². The van der Waals surface area contributed by atoms with Crippen LogP contribution in [0.4, 0.5) is 5.69 Å². The van der Waals surface area contributed by atoms with E-state index < -0.39 is 0 Å². The van der Waals surface area contributed by atoms with Crippen molar-refractivity contribution in [3.63, 3.8) is 0 Å². The Labute approximate surface area is 196 Å². The molecule has 4 saturated carbocycles. The lowest BCUT2D eigenvalue weighted by atomic mass is 9.51. The van der Waals surface area contributed by atoms with Crippen molar-refractivity contribution in [1.82, 2.24) is 0 Å². The smallest absolute Gasteiger partial charge is 0.248 e. The monoisotopic (exact) mass is 447 g/mol. The second-order valence-electron chi connectivity index (χ2n) is 9.82. The molecule has 4 aliphatic rings. The lowest BCUT2D eigenvalue weighted by Crippen LogP contribution is -2.43. The highest BCUT2D eigenvalue weighted by atomic mass is 16.5. The van der Waals surface area contributed by atoms with Crippen LogP contribution < -0.4 is 19.5 Å². The number of amides is 1. The number of hydrogen-bond acceptors (Lipinski definition) is 4. The van der Waals surface area contributed by atoms with Crippen molar-refractivity contribution >= 4 is 17.7 Å². The van der Waals surface area contributed by atoms with E-state index in [1.54, 1.807) is 33.5 Å². The number of ether oxygens (including phenoxy) is 3. The van der Waals surface area contributed by atoms with Gasteiger partial charge in [-0.05, 0) is 97.6 Å². The first-order valence-corrected chi connectivity index (χ1v) is 12.0. The van der Waals surface area contributed by atoms with Gasteiger partial charge in [-0.25, -0.2) is 0 Å². The number of carbonyl (C=O) groups is 1. The van der Waals surface area contributed by atoms with Gasteiger partial charge in [0.1, 0.15) is 0 Å². The normalized spacial score (nSPS) is 27.5. The molecule has 0 radical (unpaired) electrons. The Morgan fingerprint density at radius 2 is 1.45 bits per heavy atom. The van der Waals surface area contributed by atoms with E-state index in [1.807, 2.05) is 18.2 Å². The first-order chi connectivity index (χ1) is 16.1. The van der Waals surface area contributed by atoms with Crippen molar-refractivity contribution in [2.45, 2.75) is 38.0 Å². The highest BCUT2D eigenvalue weighted by Crippen LogP contribution is 2.59. The molecule has 0 atom stereocenters. The van der Waals surface area contributed by atoms with E-state index in [4.69, 9.17) is 14.2 Å². The van der Waals surface area contributed by atoms with Gasteiger partial charge in [-0.2, -0.15) is 0 Å². The fourth-order valence-corrected chi connectivity index (χ4v) is 6.86. The molecule has 33 heavy (non-hydrogen) atoms. The molecule has 2 aromatic rings. The first kappa shape index (κ1) is 21.9. The zero-order valence-corrected chi connectivity index (χ0v) is 19.7. The molecule has 0 aliphatic heterocycles. The molecule has 4 aliphatic carbocycles. The topological polar surface area (TPSA) is 56.8 Å². The summed E-state index contributed by atoms with van der Waals surface area (Å²) in [5.74, 6) is 5.83. The zero-order valence-electron chi connectivity index (χ0n) is 19.7. The summed E-state index contributed by atoms with van der Waals surface area (Å²) >= 11 is 0. The number of benzene rings is 2. The standard InChI is InChI=1S/C28H33NO4/c1-31-24-10-6-20(27(32-2)28(24)33-3)7-11-25(30)29-23-8-4-19(5-9-23)26-21-13-17-12-18(15-21)16-22(26)14-17/h4-11,17-18,21-22,26H,12-16H2,1-3H3,(H,29,30). The summed E-state index contributed by atoms with van der Waals surface area (Å²) in [6.07, 6.45) is 10.4. The Hall–Kier alpha value is -2.95. The summed E-state index contributed by atoms with van der Waals surface area (Å²) in [7, 11) is 4.71. The van der Waals surface area contributed by atoms with Gasteiger partial charge in [-0.15, -0.1) is 0 Å². The van der Waals surface area contributed by atoms with Gasteiger partial charge in [0, 0.05) is 17.3 Å². The maximum absolute atomic E-state index is 12.6. The second-order valence-corrected chi connectivity index (χ2v) is 9.82. The molecule has 4 fully saturated rings. The minimum Gasteiger partial charge on any atom is -0.493 e. The van der Waals surface area contributed by atoms with E-state index in [9.17, 15) is 4.79 Å². The molecule has 1 amide bonds. The van der Waals surface area contributed by atoms with Gasteiger partial charge >= 0.3 is 0 Å². The Balaban J connectivity index is 1.25. The molecule has 174 valence electrons. The largest absolute Gasteiger partial charge is 0.493 e. The first-order valence-electron chi connectivity index (χ1n) is 12.0. The summed E-state index contributed by atoms with van der Waals surface area (Å²) in [6, 6.07) is 12.2. The van der Waals surface area contributed by atoms with Crippen LogP contribution in [0, 0.1) is 23.7 Å². The van der Waals surface area contributed by atoms with E-state index in [0.717, 1.165) is 34.9 Å². The number of nitrogens with one attached hydrogen (secondary N) is 1. The molecule has 1 N–H and O–H groups in total. The molecule has 5 heteroatoms. The van der Waals surface area contributed by atoms with Crippen LogP contribution in [0.5, 0.6) is 17.2 Å². The highest BCUT2D eigenvalue weighted by molar-refractivity contribution is 6.02. The third-order valence-corrected chi connectivity index (χ3v) is 7.94. The molecular weight excluding hydrogens is 414 g/mol. The molecule has 0 heterocycles. The molecule has 2 aromatic carbocycles. The third-order valence-electron chi connectivity index (χ3n) is 7.94. The van der Waals surface area contributed by atoms with Gasteiger partial charge < -0.3 is 19.5 Å². The molecule has 5 nitrogen and oxygen atoms in total. The fraction of sp³-hybridized carbons (Fsp3) is 0.464. The molecule has 6 rings (SSSR count). The van der Waals surface area contributed by atoms with Crippen molar-refractivity contribution in [3.8, 4) is 17.2 Å². The molecular formula is C28H33NO4. The maximum atomic E-state index is 12.6. The van der Waals surface area contributed by atoms with Crippen molar-refractivity contribution in [1.29, 1.82) is 0 Å². The molecule has 0 unspecified atom stereocenters. The van der Waals surface area contributed by atoms with Gasteiger partial charge in [0.15, 0.2) is 11.5 Å². The average Bonchev–Trinajstić information content (AvgIpc) is 2.82. The quantitative estimate of drug-likeness (QED) is 0.537. The average molecular weight is 448 g/mol. The number of methoxy groups -OCH3 is 3. The fourth-order valence-electron chi connectivity index (χ4n) is 6.86. The molecule has 0 aromatic heterocycles. The minimum absolute atomic E-state index is 0.186. The minimum atomic E-state index is -0.186. The lowest BCUT2D eigenvalue weighted by Gasteiger charge is -2.54. The number of anilines is 1. The van der Waals surface area contributed by atoms with Gasteiger partial charge in [-0.1, -0.05) is 12.1 Å². The van der Waals surface area contributed by atoms with Gasteiger partial charge in [0.05, 0.1) is 21.3 Å². The Bertz CT molecular complexity index is 1010. The van der Waals surface area contributed by atoms with Crippen molar-refractivity contribution in [2.75, 3.05) is 26.6 Å². The van der Waals surface area contributed by atoms with Crippen LogP contribution in [0.2, 0.25) is 0 Å². The summed E-state index contributed by atoms with van der Waals surface area (Å²) in [6.45, 7) is 0.